The first-order valence-corrected chi connectivity index (χ1v) is 43.0. The predicted molar refractivity (Wildman–Crippen MR) is 458 cm³/mol. The Balaban J connectivity index is 0.0000756. The number of amides is 6. The van der Waals surface area contributed by atoms with Crippen molar-refractivity contribution in [1.82, 2.24) is 37.2 Å². The van der Waals surface area contributed by atoms with Crippen LogP contribution in [0.25, 0.3) is 0 Å². The molecule has 0 fully saturated rings. The van der Waals surface area contributed by atoms with Gasteiger partial charge < -0.3 is 110 Å². The summed E-state index contributed by atoms with van der Waals surface area (Å²) in [6.45, 7) is 5.41. The van der Waals surface area contributed by atoms with Gasteiger partial charge in [-0.3, -0.25) is 47.9 Å². The molecule has 36 nitrogen and oxygen atoms in total. The van der Waals surface area contributed by atoms with E-state index in [9.17, 15) is 82.4 Å². The third-order valence-corrected chi connectivity index (χ3v) is 19.3. The standard InChI is InChI=1S/C86H137N7O29.H3P/c1-64(59-67(84(107)108)23-15-17-41-88-78(99)62-120-58-54-116-50-44-91-80(101)63-119-57-51-113-45-21-24-68(94)33-38-73(85(109)110)92-76(97)27-13-9-5-3-7-11-19-47-121-70-34-29-65(30-35-70)82(103)104)81(102)72(87-2)26-16-18-42-89-79(100)61-118-56-52-114-46-22-25-69(95)60-117-55-53-115-49-43-90-75(96)40-39-74(86(111)112)93-77(98)28-14-10-6-4-8-12-20-48-122-71-36-31-66(32-37-71)83(105)106;/h29-32,34-37,64,67,72-74,87H,3-28,33,38-63H2,1-2H3,(H,88,99)(H,89,100)(H,90,96)(H,91,101)(H,92,97)(H,93,98)(H,103,104)(H,105,106)(H,107,108)(H,109,110)(H,111,112);1H3/t64?,67-,72+,73+,74+;/m1./s1. The molecule has 6 amide bonds. The Morgan fingerprint density at radius 3 is 1.09 bits per heavy atom. The van der Waals surface area contributed by atoms with E-state index in [1.165, 1.54) is 24.3 Å². The van der Waals surface area contributed by atoms with Crippen molar-refractivity contribution in [3.05, 3.63) is 59.7 Å². The lowest BCUT2D eigenvalue weighted by Crippen LogP contribution is -2.41. The molecular weight excluding hydrogens is 1630 g/mol. The molecule has 0 bridgehead atoms. The van der Waals surface area contributed by atoms with Gasteiger partial charge in [0.2, 0.25) is 35.4 Å². The summed E-state index contributed by atoms with van der Waals surface area (Å²) in [5, 5.41) is 66.1. The summed E-state index contributed by atoms with van der Waals surface area (Å²) in [6.07, 6.45) is 17.1. The van der Waals surface area contributed by atoms with E-state index in [-0.39, 0.29) is 244 Å². The van der Waals surface area contributed by atoms with E-state index in [2.05, 4.69) is 37.2 Å². The third-order valence-electron chi connectivity index (χ3n) is 19.3. The quantitative estimate of drug-likeness (QED) is 0.0233. The second kappa shape index (κ2) is 74.7. The van der Waals surface area contributed by atoms with E-state index >= 15 is 0 Å². The van der Waals surface area contributed by atoms with Crippen LogP contribution in [0.2, 0.25) is 0 Å². The number of aliphatic carboxylic acids is 3. The van der Waals surface area contributed by atoms with Gasteiger partial charge in [-0.15, -0.1) is 0 Å². The molecule has 6 atom stereocenters. The van der Waals surface area contributed by atoms with Crippen molar-refractivity contribution in [2.24, 2.45) is 11.8 Å². The first-order chi connectivity index (χ1) is 58.9. The molecule has 2 aromatic rings. The van der Waals surface area contributed by atoms with Crippen LogP contribution >= 0.6 is 9.90 Å². The van der Waals surface area contributed by atoms with Crippen molar-refractivity contribution in [1.29, 1.82) is 0 Å². The summed E-state index contributed by atoms with van der Waals surface area (Å²) in [5.74, 6) is -7.97. The second-order valence-electron chi connectivity index (χ2n) is 29.6. The summed E-state index contributed by atoms with van der Waals surface area (Å²) >= 11 is 0. The van der Waals surface area contributed by atoms with Crippen molar-refractivity contribution < 1.29 is 140 Å². The minimum absolute atomic E-state index is 0. The Hall–Kier alpha value is -8.71. The molecule has 0 aliphatic heterocycles. The molecule has 698 valence electrons. The van der Waals surface area contributed by atoms with Gasteiger partial charge in [-0.05, 0) is 145 Å². The van der Waals surface area contributed by atoms with Crippen LogP contribution in [0.1, 0.15) is 227 Å². The van der Waals surface area contributed by atoms with Crippen LogP contribution < -0.4 is 46.7 Å². The van der Waals surface area contributed by atoms with Crippen LogP contribution in [0, 0.1) is 11.8 Å². The number of carbonyl (C=O) groups is 14. The van der Waals surface area contributed by atoms with E-state index in [0.717, 1.165) is 77.0 Å². The van der Waals surface area contributed by atoms with E-state index < -0.39 is 59.8 Å². The number of Topliss-reactive ketones (excluding diaryl/α,β-unsaturated/α-hetero) is 3. The molecule has 0 heterocycles. The summed E-state index contributed by atoms with van der Waals surface area (Å²) in [4.78, 5) is 170. The number of ether oxygens (including phenoxy) is 10. The molecule has 2 aromatic carbocycles. The molecule has 0 aliphatic rings. The van der Waals surface area contributed by atoms with Crippen molar-refractivity contribution in [3.8, 4) is 11.5 Å². The van der Waals surface area contributed by atoms with Crippen LogP contribution in [-0.4, -0.2) is 278 Å². The monoisotopic (exact) mass is 1770 g/mol. The zero-order chi connectivity index (χ0) is 89.4. The van der Waals surface area contributed by atoms with Crippen molar-refractivity contribution in [3.63, 3.8) is 0 Å². The van der Waals surface area contributed by atoms with Crippen LogP contribution in [-0.2, 0) is 95.4 Å². The number of nitrogens with one attached hydrogen (secondary N) is 7. The fourth-order valence-corrected chi connectivity index (χ4v) is 12.3. The van der Waals surface area contributed by atoms with E-state index in [1.807, 2.05) is 0 Å². The SMILES string of the molecule is CN[C@@H](CCCCNC(=O)COCCOCCCC(=O)COCCOCCNC(=O)CC[C@H](NC(=O)CCCCCCCCCOc1ccc(C(=O)O)cc1)C(=O)O)C(=O)C(C)C[C@@H](CCCCNC(=O)COCCOCCNC(=O)COCCOCCCC(=O)CC[C@H](NC(=O)CCCCCCCCCOc1ccc(C(=O)O)cc1)C(=O)O)C(=O)O.P. The lowest BCUT2D eigenvalue weighted by atomic mass is 9.86. The van der Waals surface area contributed by atoms with Gasteiger partial charge in [0.1, 0.15) is 55.8 Å². The van der Waals surface area contributed by atoms with Gasteiger partial charge in [0.25, 0.3) is 0 Å². The van der Waals surface area contributed by atoms with E-state index in [0.29, 0.717) is 109 Å². The Labute approximate surface area is 725 Å². The van der Waals surface area contributed by atoms with Crippen LogP contribution in [0.5, 0.6) is 11.5 Å². The minimum atomic E-state index is -1.22. The van der Waals surface area contributed by atoms with Gasteiger partial charge >= 0.3 is 29.8 Å². The average Bonchev–Trinajstić information content (AvgIpc) is 0.921. The first-order valence-electron chi connectivity index (χ1n) is 43.0. The predicted octanol–water partition coefficient (Wildman–Crippen LogP) is 7.06. The van der Waals surface area contributed by atoms with Crippen molar-refractivity contribution in [2.75, 3.05) is 152 Å². The smallest absolute Gasteiger partial charge is 0.335 e. The number of ketones is 3. The average molecular weight is 1770 g/mol. The molecule has 0 radical (unpaired) electrons. The fraction of sp³-hybridized carbons (Fsp3) is 0.698. The number of hydrogen-bond donors (Lipinski definition) is 12. The molecule has 37 heteroatoms. The number of carboxylic acid groups (broad SMARTS) is 5. The number of likely N-dealkylation sites (N-methyl/N-ethyl adjacent to an activating group) is 1. The molecular formula is C86H140N7O29P. The number of unbranched alkanes of at least 4 members (excludes halogenated alkanes) is 14. The molecule has 0 aromatic heterocycles. The lowest BCUT2D eigenvalue weighted by Gasteiger charge is -2.22. The highest BCUT2D eigenvalue weighted by Gasteiger charge is 2.29. The summed E-state index contributed by atoms with van der Waals surface area (Å²) in [7, 11) is 1.67. The fourth-order valence-electron chi connectivity index (χ4n) is 12.3. The zero-order valence-electron chi connectivity index (χ0n) is 72.2. The van der Waals surface area contributed by atoms with E-state index in [1.54, 1.807) is 38.2 Å². The number of benzene rings is 2. The molecule has 0 spiro atoms. The number of carbonyl (C=O) groups excluding carboxylic acids is 9. The molecule has 0 aliphatic carbocycles. The molecule has 12 N–H and O–H groups in total. The topological polar surface area (TPSA) is 517 Å². The Morgan fingerprint density at radius 1 is 0.309 bits per heavy atom. The van der Waals surface area contributed by atoms with Gasteiger partial charge in [-0.25, -0.2) is 19.2 Å². The van der Waals surface area contributed by atoms with Crippen LogP contribution in [0.4, 0.5) is 0 Å². The van der Waals surface area contributed by atoms with Gasteiger partial charge in [-0.2, -0.15) is 9.90 Å². The van der Waals surface area contributed by atoms with Gasteiger partial charge in [0.05, 0.1) is 102 Å². The molecule has 0 saturated carbocycles. The number of rotatable bonds is 84. The summed E-state index contributed by atoms with van der Waals surface area (Å²) in [6, 6.07) is 9.68. The van der Waals surface area contributed by atoms with Crippen LogP contribution in [0.15, 0.2) is 48.5 Å². The molecule has 0 saturated heterocycles. The maximum absolute atomic E-state index is 13.4. The van der Waals surface area contributed by atoms with Crippen molar-refractivity contribution in [2.45, 2.75) is 224 Å². The largest absolute Gasteiger partial charge is 0.494 e. The molecule has 123 heavy (non-hydrogen) atoms. The Morgan fingerprint density at radius 2 is 0.675 bits per heavy atom. The zero-order valence-corrected chi connectivity index (χ0v) is 73.6. The van der Waals surface area contributed by atoms with Gasteiger partial charge in [-0.1, -0.05) is 77.6 Å². The van der Waals surface area contributed by atoms with Crippen molar-refractivity contribution >= 4 is 92.5 Å². The normalized spacial score (nSPS) is 12.3. The molecule has 2 unspecified atom stereocenters. The minimum Gasteiger partial charge on any atom is -0.494 e. The highest BCUT2D eigenvalue weighted by molar-refractivity contribution is 6.92. The van der Waals surface area contributed by atoms with Gasteiger partial charge in [0.15, 0.2) is 11.6 Å². The first kappa shape index (κ1) is 112. The number of aromatic carboxylic acids is 2. The second-order valence-corrected chi connectivity index (χ2v) is 29.6. The number of carboxylic acids is 5. The summed E-state index contributed by atoms with van der Waals surface area (Å²) < 4.78 is 54.7. The maximum Gasteiger partial charge on any atom is 0.335 e. The van der Waals surface area contributed by atoms with Crippen LogP contribution in [0.3, 0.4) is 0 Å². The highest BCUT2D eigenvalue weighted by atomic mass is 31.0. The van der Waals surface area contributed by atoms with E-state index in [4.69, 9.17) is 57.6 Å². The third kappa shape index (κ3) is 63.0. The lowest BCUT2D eigenvalue weighted by molar-refractivity contribution is -0.143. The van der Waals surface area contributed by atoms with Gasteiger partial charge in [0, 0.05) is 83.8 Å². The number of hydrogen-bond acceptors (Lipinski definition) is 25. The molecule has 2 rings (SSSR count). The Kier molecular flexibility index (Phi) is 68.2. The summed E-state index contributed by atoms with van der Waals surface area (Å²) in [5.41, 5.74) is 0.405. The Bertz CT molecular complexity index is 3300. The maximum atomic E-state index is 13.4. The highest BCUT2D eigenvalue weighted by Crippen LogP contribution is 2.23.